The minimum atomic E-state index is -0.460. The first-order chi connectivity index (χ1) is 6.07. The summed E-state index contributed by atoms with van der Waals surface area (Å²) in [5, 5.41) is 0. The van der Waals surface area contributed by atoms with Crippen molar-refractivity contribution in [3.63, 3.8) is 0 Å². The highest BCUT2D eigenvalue weighted by Gasteiger charge is 2.13. The second-order valence-electron chi connectivity index (χ2n) is 3.21. The van der Waals surface area contributed by atoms with Gasteiger partial charge in [0.25, 0.3) is 0 Å². The lowest BCUT2D eigenvalue weighted by Crippen LogP contribution is -2.35. The summed E-state index contributed by atoms with van der Waals surface area (Å²) in [5.41, 5.74) is 5.58. The van der Waals surface area contributed by atoms with Crippen LogP contribution in [0.3, 0.4) is 0 Å². The van der Waals surface area contributed by atoms with Crippen molar-refractivity contribution in [1.82, 2.24) is 0 Å². The van der Waals surface area contributed by atoms with Crippen LogP contribution >= 0.6 is 0 Å². The van der Waals surface area contributed by atoms with Gasteiger partial charge in [0.05, 0.1) is 12.1 Å². The second-order valence-corrected chi connectivity index (χ2v) is 3.21. The van der Waals surface area contributed by atoms with Crippen molar-refractivity contribution in [1.29, 1.82) is 0 Å². The van der Waals surface area contributed by atoms with E-state index in [4.69, 9.17) is 15.2 Å². The van der Waals surface area contributed by atoms with Crippen molar-refractivity contribution in [3.8, 4) is 0 Å². The highest BCUT2D eigenvalue weighted by atomic mass is 16.5. The SMILES string of the molecule is COCCC(N)C(=O)COC(C)C. The molecule has 0 amide bonds. The van der Waals surface area contributed by atoms with E-state index < -0.39 is 6.04 Å². The van der Waals surface area contributed by atoms with Crippen molar-refractivity contribution in [3.05, 3.63) is 0 Å². The van der Waals surface area contributed by atoms with E-state index in [1.165, 1.54) is 0 Å². The van der Waals surface area contributed by atoms with Crippen LogP contribution in [0.2, 0.25) is 0 Å². The van der Waals surface area contributed by atoms with Crippen molar-refractivity contribution in [2.75, 3.05) is 20.3 Å². The lowest BCUT2D eigenvalue weighted by Gasteiger charge is -2.11. The summed E-state index contributed by atoms with van der Waals surface area (Å²) in [5.74, 6) is -0.0641. The van der Waals surface area contributed by atoms with Gasteiger partial charge in [0.15, 0.2) is 5.78 Å². The van der Waals surface area contributed by atoms with Crippen molar-refractivity contribution < 1.29 is 14.3 Å². The summed E-state index contributed by atoms with van der Waals surface area (Å²) in [7, 11) is 1.59. The smallest absolute Gasteiger partial charge is 0.175 e. The first-order valence-corrected chi connectivity index (χ1v) is 4.46. The zero-order valence-corrected chi connectivity index (χ0v) is 8.58. The van der Waals surface area contributed by atoms with Gasteiger partial charge in [-0.3, -0.25) is 4.79 Å². The highest BCUT2D eigenvalue weighted by Crippen LogP contribution is 1.94. The lowest BCUT2D eigenvalue weighted by atomic mass is 10.1. The number of hydrogen-bond acceptors (Lipinski definition) is 4. The van der Waals surface area contributed by atoms with Gasteiger partial charge in [-0.25, -0.2) is 0 Å². The number of carbonyl (C=O) groups excluding carboxylic acids is 1. The van der Waals surface area contributed by atoms with E-state index in [2.05, 4.69) is 0 Å². The lowest BCUT2D eigenvalue weighted by molar-refractivity contribution is -0.126. The van der Waals surface area contributed by atoms with E-state index in [1.54, 1.807) is 7.11 Å². The van der Waals surface area contributed by atoms with Gasteiger partial charge in [-0.1, -0.05) is 0 Å². The largest absolute Gasteiger partial charge is 0.385 e. The third-order valence-electron chi connectivity index (χ3n) is 1.61. The van der Waals surface area contributed by atoms with Crippen molar-refractivity contribution in [2.24, 2.45) is 5.73 Å². The molecule has 0 spiro atoms. The third-order valence-corrected chi connectivity index (χ3v) is 1.61. The van der Waals surface area contributed by atoms with E-state index in [-0.39, 0.29) is 18.5 Å². The van der Waals surface area contributed by atoms with E-state index >= 15 is 0 Å². The fourth-order valence-corrected chi connectivity index (χ4v) is 0.762. The molecule has 1 unspecified atom stereocenters. The first kappa shape index (κ1) is 12.6. The van der Waals surface area contributed by atoms with E-state index in [9.17, 15) is 4.79 Å². The molecule has 0 saturated carbocycles. The molecule has 0 heterocycles. The Labute approximate surface area is 79.4 Å². The molecule has 13 heavy (non-hydrogen) atoms. The molecule has 2 N–H and O–H groups in total. The Morgan fingerprint density at radius 3 is 2.54 bits per heavy atom. The Morgan fingerprint density at radius 1 is 1.46 bits per heavy atom. The molecule has 0 aromatic heterocycles. The highest BCUT2D eigenvalue weighted by molar-refractivity contribution is 5.84. The Hall–Kier alpha value is -0.450. The number of Topliss-reactive ketones (excluding diaryl/α,β-unsaturated/α-hetero) is 1. The summed E-state index contributed by atoms with van der Waals surface area (Å²) in [6.07, 6.45) is 0.620. The maximum Gasteiger partial charge on any atom is 0.175 e. The minimum absolute atomic E-state index is 0.0641. The number of ketones is 1. The number of carbonyl (C=O) groups is 1. The predicted octanol–water partition coefficient (Wildman–Crippen LogP) is 0.344. The molecule has 0 bridgehead atoms. The van der Waals surface area contributed by atoms with Crippen LogP contribution in [-0.4, -0.2) is 38.3 Å². The summed E-state index contributed by atoms with van der Waals surface area (Å²) in [4.78, 5) is 11.2. The number of methoxy groups -OCH3 is 1. The Morgan fingerprint density at radius 2 is 2.08 bits per heavy atom. The van der Waals surface area contributed by atoms with Crippen LogP contribution in [0.5, 0.6) is 0 Å². The molecule has 78 valence electrons. The summed E-state index contributed by atoms with van der Waals surface area (Å²) >= 11 is 0. The van der Waals surface area contributed by atoms with Gasteiger partial charge in [0, 0.05) is 13.7 Å². The third kappa shape index (κ3) is 6.69. The molecule has 0 aliphatic rings. The Kier molecular flexibility index (Phi) is 6.76. The molecule has 0 aromatic carbocycles. The van der Waals surface area contributed by atoms with Crippen LogP contribution in [0, 0.1) is 0 Å². The maximum atomic E-state index is 11.2. The molecule has 0 aliphatic carbocycles. The molecule has 0 radical (unpaired) electrons. The molecule has 4 heteroatoms. The van der Waals surface area contributed by atoms with Gasteiger partial charge >= 0.3 is 0 Å². The molecule has 0 saturated heterocycles. The van der Waals surface area contributed by atoms with E-state index in [0.717, 1.165) is 0 Å². The summed E-state index contributed by atoms with van der Waals surface area (Å²) in [6, 6.07) is -0.460. The predicted molar refractivity (Wildman–Crippen MR) is 50.6 cm³/mol. The van der Waals surface area contributed by atoms with Gasteiger partial charge in [0.1, 0.15) is 6.61 Å². The quantitative estimate of drug-likeness (QED) is 0.627. The van der Waals surface area contributed by atoms with Crippen LogP contribution in [-0.2, 0) is 14.3 Å². The van der Waals surface area contributed by atoms with E-state index in [1.807, 2.05) is 13.8 Å². The normalized spacial score (nSPS) is 13.3. The fraction of sp³-hybridized carbons (Fsp3) is 0.889. The number of hydrogen-bond donors (Lipinski definition) is 1. The number of ether oxygens (including phenoxy) is 2. The average molecular weight is 189 g/mol. The van der Waals surface area contributed by atoms with Crippen molar-refractivity contribution in [2.45, 2.75) is 32.4 Å². The van der Waals surface area contributed by atoms with Gasteiger partial charge in [-0.2, -0.15) is 0 Å². The molecule has 4 nitrogen and oxygen atoms in total. The van der Waals surface area contributed by atoms with Crippen molar-refractivity contribution >= 4 is 5.78 Å². The van der Waals surface area contributed by atoms with Gasteiger partial charge in [-0.15, -0.1) is 0 Å². The molecule has 1 atom stereocenters. The van der Waals surface area contributed by atoms with E-state index in [0.29, 0.717) is 13.0 Å². The van der Waals surface area contributed by atoms with Crippen LogP contribution in [0.1, 0.15) is 20.3 Å². The number of rotatable bonds is 7. The van der Waals surface area contributed by atoms with Crippen LogP contribution < -0.4 is 5.73 Å². The summed E-state index contributed by atoms with van der Waals surface area (Å²) < 4.78 is 9.95. The van der Waals surface area contributed by atoms with Crippen LogP contribution in [0.25, 0.3) is 0 Å². The Bertz CT molecular complexity index is 148. The van der Waals surface area contributed by atoms with Gasteiger partial charge in [0.2, 0.25) is 0 Å². The van der Waals surface area contributed by atoms with Gasteiger partial charge in [-0.05, 0) is 20.3 Å². The fourth-order valence-electron chi connectivity index (χ4n) is 0.762. The number of nitrogens with two attached hydrogens (primary N) is 1. The standard InChI is InChI=1S/C9H19NO3/c1-7(2)13-6-9(11)8(10)4-5-12-3/h7-8H,4-6,10H2,1-3H3. The molecule has 0 aliphatic heterocycles. The van der Waals surface area contributed by atoms with Crippen LogP contribution in [0.4, 0.5) is 0 Å². The zero-order chi connectivity index (χ0) is 10.3. The maximum absolute atomic E-state index is 11.2. The second kappa shape index (κ2) is 7.00. The summed E-state index contributed by atoms with van der Waals surface area (Å²) in [6.45, 7) is 4.37. The molecule has 0 fully saturated rings. The molecular weight excluding hydrogens is 170 g/mol. The Balaban J connectivity index is 3.57. The topological polar surface area (TPSA) is 61.5 Å². The first-order valence-electron chi connectivity index (χ1n) is 4.46. The van der Waals surface area contributed by atoms with Crippen LogP contribution in [0.15, 0.2) is 0 Å². The monoisotopic (exact) mass is 189 g/mol. The molecule has 0 aromatic rings. The minimum Gasteiger partial charge on any atom is -0.385 e. The zero-order valence-electron chi connectivity index (χ0n) is 8.58. The molecular formula is C9H19NO3. The molecule has 0 rings (SSSR count). The van der Waals surface area contributed by atoms with Gasteiger partial charge < -0.3 is 15.2 Å². The average Bonchev–Trinajstić information content (AvgIpc) is 2.10.